The van der Waals surface area contributed by atoms with Crippen molar-refractivity contribution >= 4 is 27.5 Å². The largest absolute Gasteiger partial charge is 0.205 e. The molecule has 0 fully saturated rings. The summed E-state index contributed by atoms with van der Waals surface area (Å²) in [6.45, 7) is 0. The zero-order valence-electron chi connectivity index (χ0n) is 6.37. The highest BCUT2D eigenvalue weighted by molar-refractivity contribution is 9.10. The van der Waals surface area contributed by atoms with Crippen molar-refractivity contribution in [3.63, 3.8) is 0 Å². The minimum Gasteiger partial charge on any atom is -0.205 e. The van der Waals surface area contributed by atoms with Gasteiger partial charge in [-0.2, -0.15) is 0 Å². The minimum atomic E-state index is -0.690. The van der Waals surface area contributed by atoms with Crippen LogP contribution >= 0.6 is 27.5 Å². The van der Waals surface area contributed by atoms with Gasteiger partial charge in [0, 0.05) is 4.47 Å². The number of hydrogen-bond acceptors (Lipinski definition) is 0. The highest BCUT2D eigenvalue weighted by atomic mass is 79.9. The smallest absolute Gasteiger partial charge is 0.142 e. The van der Waals surface area contributed by atoms with Gasteiger partial charge in [-0.25, -0.2) is 8.78 Å². The average molecular weight is 265 g/mol. The van der Waals surface area contributed by atoms with Gasteiger partial charge < -0.3 is 0 Å². The lowest BCUT2D eigenvalue weighted by Gasteiger charge is -1.97. The van der Waals surface area contributed by atoms with E-state index in [0.29, 0.717) is 4.47 Å². The zero-order chi connectivity index (χ0) is 9.84. The predicted octanol–water partition coefficient (Wildman–Crippen LogP) is 3.32. The predicted molar refractivity (Wildman–Crippen MR) is 51.7 cm³/mol. The molecule has 1 rings (SSSR count). The molecule has 0 aromatic heterocycles. The van der Waals surface area contributed by atoms with Crippen LogP contribution in [0, 0.1) is 23.5 Å². The van der Waals surface area contributed by atoms with Crippen molar-refractivity contribution in [1.82, 2.24) is 0 Å². The molecule has 0 bridgehead atoms. The molecule has 0 aliphatic rings. The Morgan fingerprint density at radius 3 is 2.31 bits per heavy atom. The molecule has 0 radical (unpaired) electrons. The fraction of sp³-hybridized carbons (Fsp3) is 0.111. The molecule has 0 heterocycles. The Labute approximate surface area is 88.0 Å². The van der Waals surface area contributed by atoms with Crippen LogP contribution in [0.4, 0.5) is 8.78 Å². The highest BCUT2D eigenvalue weighted by Gasteiger charge is 2.07. The molecule has 68 valence electrons. The van der Waals surface area contributed by atoms with E-state index in [1.807, 2.05) is 0 Å². The van der Waals surface area contributed by atoms with E-state index in [1.165, 1.54) is 0 Å². The van der Waals surface area contributed by atoms with Gasteiger partial charge in [0.15, 0.2) is 0 Å². The van der Waals surface area contributed by atoms with Crippen LogP contribution in [0.5, 0.6) is 0 Å². The topological polar surface area (TPSA) is 0 Å². The Bertz CT molecular complexity index is 356. The van der Waals surface area contributed by atoms with Crippen molar-refractivity contribution in [3.05, 3.63) is 33.8 Å². The molecular formula is C9H4BrClF2. The first kappa shape index (κ1) is 10.5. The summed E-state index contributed by atoms with van der Waals surface area (Å²) in [5, 5.41) is 0. The summed E-state index contributed by atoms with van der Waals surface area (Å²) in [4.78, 5) is 0. The summed E-state index contributed by atoms with van der Waals surface area (Å²) in [6, 6.07) is 2.31. The molecule has 0 aliphatic heterocycles. The highest BCUT2D eigenvalue weighted by Crippen LogP contribution is 2.18. The van der Waals surface area contributed by atoms with E-state index < -0.39 is 11.6 Å². The van der Waals surface area contributed by atoms with E-state index in [9.17, 15) is 8.78 Å². The van der Waals surface area contributed by atoms with E-state index in [-0.39, 0.29) is 11.4 Å². The molecule has 0 atom stereocenters. The lowest BCUT2D eigenvalue weighted by atomic mass is 10.2. The normalized spacial score (nSPS) is 9.23. The van der Waals surface area contributed by atoms with Crippen LogP contribution in [0.15, 0.2) is 16.6 Å². The SMILES string of the molecule is Fc1cc(Br)cc(F)c1C#CCCl. The summed E-state index contributed by atoms with van der Waals surface area (Å²) in [5.74, 6) is 3.36. The molecule has 0 aliphatic carbocycles. The quantitative estimate of drug-likeness (QED) is 0.499. The summed E-state index contributed by atoms with van der Waals surface area (Å²) >= 11 is 8.22. The maximum atomic E-state index is 13.0. The van der Waals surface area contributed by atoms with Gasteiger partial charge in [-0.05, 0) is 12.1 Å². The van der Waals surface area contributed by atoms with Gasteiger partial charge in [-0.3, -0.25) is 0 Å². The Kier molecular flexibility index (Phi) is 3.71. The van der Waals surface area contributed by atoms with Gasteiger partial charge in [0.2, 0.25) is 0 Å². The lowest BCUT2D eigenvalue weighted by Crippen LogP contribution is -1.90. The van der Waals surface area contributed by atoms with Crippen molar-refractivity contribution < 1.29 is 8.78 Å². The molecule has 0 N–H and O–H groups in total. The molecule has 0 saturated heterocycles. The van der Waals surface area contributed by atoms with Crippen molar-refractivity contribution in [2.75, 3.05) is 5.88 Å². The Morgan fingerprint density at radius 1 is 1.31 bits per heavy atom. The maximum Gasteiger partial charge on any atom is 0.142 e. The second kappa shape index (κ2) is 4.59. The van der Waals surface area contributed by atoms with Gasteiger partial charge >= 0.3 is 0 Å². The third kappa shape index (κ3) is 2.68. The van der Waals surface area contributed by atoms with Crippen LogP contribution in [-0.2, 0) is 0 Å². The Morgan fingerprint density at radius 2 is 1.85 bits per heavy atom. The number of alkyl halides is 1. The first-order valence-corrected chi connectivity index (χ1v) is 4.67. The van der Waals surface area contributed by atoms with Crippen LogP contribution in [0.2, 0.25) is 0 Å². The molecule has 0 amide bonds. The van der Waals surface area contributed by atoms with Crippen molar-refractivity contribution in [2.24, 2.45) is 0 Å². The van der Waals surface area contributed by atoms with E-state index in [2.05, 4.69) is 27.8 Å². The maximum absolute atomic E-state index is 13.0. The van der Waals surface area contributed by atoms with Crippen molar-refractivity contribution in [2.45, 2.75) is 0 Å². The molecule has 0 unspecified atom stereocenters. The van der Waals surface area contributed by atoms with E-state index >= 15 is 0 Å². The molecule has 4 heteroatoms. The summed E-state index contributed by atoms with van der Waals surface area (Å²) in [6.07, 6.45) is 0. The molecule has 0 spiro atoms. The van der Waals surface area contributed by atoms with Crippen LogP contribution in [0.3, 0.4) is 0 Å². The van der Waals surface area contributed by atoms with Crippen molar-refractivity contribution in [1.29, 1.82) is 0 Å². The standard InChI is InChI=1S/C9H4BrClF2/c10-6-4-8(12)7(2-1-3-11)9(13)5-6/h4-5H,3H2. The van der Waals surface area contributed by atoms with Crippen molar-refractivity contribution in [3.8, 4) is 11.8 Å². The number of rotatable bonds is 0. The molecule has 0 nitrogen and oxygen atoms in total. The van der Waals surface area contributed by atoms with Crippen LogP contribution in [0.25, 0.3) is 0 Å². The van der Waals surface area contributed by atoms with E-state index in [0.717, 1.165) is 12.1 Å². The Balaban J connectivity index is 3.21. The van der Waals surface area contributed by atoms with E-state index in [4.69, 9.17) is 11.6 Å². The first-order valence-electron chi connectivity index (χ1n) is 3.34. The number of hydrogen-bond donors (Lipinski definition) is 0. The first-order chi connectivity index (χ1) is 6.15. The van der Waals surface area contributed by atoms with E-state index in [1.54, 1.807) is 0 Å². The van der Waals surface area contributed by atoms with Gasteiger partial charge in [0.25, 0.3) is 0 Å². The fourth-order valence-corrected chi connectivity index (χ4v) is 1.25. The van der Waals surface area contributed by atoms with Gasteiger partial charge in [-0.1, -0.05) is 27.8 Å². The molecule has 1 aromatic carbocycles. The zero-order valence-corrected chi connectivity index (χ0v) is 8.72. The summed E-state index contributed by atoms with van der Waals surface area (Å²) in [7, 11) is 0. The molecular weight excluding hydrogens is 261 g/mol. The van der Waals surface area contributed by atoms with Gasteiger partial charge in [-0.15, -0.1) is 11.6 Å². The minimum absolute atomic E-state index is 0.0505. The second-order valence-electron chi connectivity index (χ2n) is 2.18. The fourth-order valence-electron chi connectivity index (χ4n) is 0.783. The molecule has 1 aromatic rings. The number of benzene rings is 1. The third-order valence-corrected chi connectivity index (χ3v) is 1.88. The monoisotopic (exact) mass is 264 g/mol. The number of halogens is 4. The van der Waals surface area contributed by atoms with Crippen LogP contribution in [0.1, 0.15) is 5.56 Å². The van der Waals surface area contributed by atoms with Gasteiger partial charge in [0.05, 0.1) is 11.4 Å². The van der Waals surface area contributed by atoms with Crippen LogP contribution < -0.4 is 0 Å². The average Bonchev–Trinajstić information content (AvgIpc) is 2.02. The molecule has 13 heavy (non-hydrogen) atoms. The third-order valence-electron chi connectivity index (χ3n) is 1.29. The van der Waals surface area contributed by atoms with Crippen LogP contribution in [-0.4, -0.2) is 5.88 Å². The Hall–Kier alpha value is -0.590. The second-order valence-corrected chi connectivity index (χ2v) is 3.36. The molecule has 0 saturated carbocycles. The lowest BCUT2D eigenvalue weighted by molar-refractivity contribution is 0.576. The summed E-state index contributed by atoms with van der Waals surface area (Å²) < 4.78 is 26.4. The van der Waals surface area contributed by atoms with Gasteiger partial charge in [0.1, 0.15) is 11.6 Å². The summed E-state index contributed by atoms with van der Waals surface area (Å²) in [5.41, 5.74) is -0.246.